The van der Waals surface area contributed by atoms with Crippen molar-refractivity contribution in [3.05, 3.63) is 24.5 Å². The van der Waals surface area contributed by atoms with Crippen LogP contribution in [0.5, 0.6) is 0 Å². The van der Waals surface area contributed by atoms with E-state index in [2.05, 4.69) is 6.58 Å². The molecule has 0 fully saturated rings. The number of allylic oxidation sites excluding steroid dienone is 2. The van der Waals surface area contributed by atoms with Gasteiger partial charge in [-0.25, -0.2) is 0 Å². The van der Waals surface area contributed by atoms with Crippen molar-refractivity contribution in [3.8, 4) is 0 Å². The lowest BCUT2D eigenvalue weighted by Crippen LogP contribution is -1.69. The third-order valence-electron chi connectivity index (χ3n) is 0.589. The summed E-state index contributed by atoms with van der Waals surface area (Å²) in [5, 5.41) is 8.44. The lowest BCUT2D eigenvalue weighted by Gasteiger charge is -1.84. The summed E-state index contributed by atoms with van der Waals surface area (Å²) in [5.41, 5.74) is 0. The van der Waals surface area contributed by atoms with Gasteiger partial charge in [-0.15, -0.1) is 0 Å². The Morgan fingerprint density at radius 3 is 2.57 bits per heavy atom. The zero-order chi connectivity index (χ0) is 5.70. The zero-order valence-electron chi connectivity index (χ0n) is 4.52. The molecular formula is C6H10O. The molecule has 0 aromatic heterocycles. The Balaban J connectivity index is 3.14. The number of hydrogen-bond donors (Lipinski definition) is 1. The van der Waals surface area contributed by atoms with Crippen molar-refractivity contribution in [2.75, 3.05) is 0 Å². The Hall–Kier alpha value is -0.720. The van der Waals surface area contributed by atoms with Gasteiger partial charge in [-0.2, -0.15) is 0 Å². The second-order valence-corrected chi connectivity index (χ2v) is 1.34. The third kappa shape index (κ3) is 5.28. The Labute approximate surface area is 44.0 Å². The van der Waals surface area contributed by atoms with Crippen molar-refractivity contribution in [3.63, 3.8) is 0 Å². The van der Waals surface area contributed by atoms with Gasteiger partial charge in [-0.1, -0.05) is 18.7 Å². The molecule has 0 heterocycles. The maximum Gasteiger partial charge on any atom is 0.0888 e. The van der Waals surface area contributed by atoms with E-state index < -0.39 is 0 Å². The van der Waals surface area contributed by atoms with E-state index in [4.69, 9.17) is 5.11 Å². The van der Waals surface area contributed by atoms with Gasteiger partial charge in [0.25, 0.3) is 0 Å². The van der Waals surface area contributed by atoms with Gasteiger partial charge in [0.05, 0.1) is 5.76 Å². The zero-order valence-corrected chi connectivity index (χ0v) is 4.52. The smallest absolute Gasteiger partial charge is 0.0888 e. The van der Waals surface area contributed by atoms with E-state index in [1.54, 1.807) is 0 Å². The molecule has 0 radical (unpaired) electrons. The van der Waals surface area contributed by atoms with Crippen molar-refractivity contribution in [2.24, 2.45) is 0 Å². The molecule has 0 aromatic rings. The lowest BCUT2D eigenvalue weighted by molar-refractivity contribution is 0.404. The molecule has 40 valence electrons. The van der Waals surface area contributed by atoms with Gasteiger partial charge in [0, 0.05) is 6.42 Å². The minimum absolute atomic E-state index is 0.220. The first-order chi connectivity index (χ1) is 3.27. The fourth-order valence-electron chi connectivity index (χ4n) is 0.254. The summed E-state index contributed by atoms with van der Waals surface area (Å²) in [6.45, 7) is 5.20. The van der Waals surface area contributed by atoms with Crippen molar-refractivity contribution >= 4 is 0 Å². The molecule has 0 spiro atoms. The van der Waals surface area contributed by atoms with Gasteiger partial charge < -0.3 is 5.11 Å². The first-order valence-electron chi connectivity index (χ1n) is 2.25. The molecule has 0 unspecified atom stereocenters. The van der Waals surface area contributed by atoms with Crippen molar-refractivity contribution in [2.45, 2.75) is 13.3 Å². The fraction of sp³-hybridized carbons (Fsp3) is 0.333. The Morgan fingerprint density at radius 1 is 1.86 bits per heavy atom. The van der Waals surface area contributed by atoms with E-state index in [-0.39, 0.29) is 5.76 Å². The van der Waals surface area contributed by atoms with Crippen LogP contribution in [0.2, 0.25) is 0 Å². The van der Waals surface area contributed by atoms with E-state index in [1.165, 1.54) is 0 Å². The van der Waals surface area contributed by atoms with E-state index in [0.717, 1.165) is 0 Å². The van der Waals surface area contributed by atoms with Crippen LogP contribution < -0.4 is 0 Å². The summed E-state index contributed by atoms with van der Waals surface area (Å²) in [5.74, 6) is 0.220. The molecule has 0 atom stereocenters. The first kappa shape index (κ1) is 6.28. The average Bonchev–Trinajstić information content (AvgIpc) is 1.61. The van der Waals surface area contributed by atoms with Gasteiger partial charge >= 0.3 is 0 Å². The highest BCUT2D eigenvalue weighted by atomic mass is 16.3. The van der Waals surface area contributed by atoms with E-state index in [1.807, 2.05) is 19.1 Å². The van der Waals surface area contributed by atoms with Gasteiger partial charge in [0.2, 0.25) is 0 Å². The van der Waals surface area contributed by atoms with Crippen LogP contribution in [0, 0.1) is 0 Å². The highest BCUT2D eigenvalue weighted by Crippen LogP contribution is 1.90. The highest BCUT2D eigenvalue weighted by molar-refractivity contribution is 4.91. The third-order valence-corrected chi connectivity index (χ3v) is 0.589. The van der Waals surface area contributed by atoms with E-state index in [0.29, 0.717) is 6.42 Å². The summed E-state index contributed by atoms with van der Waals surface area (Å²) in [6, 6.07) is 0. The molecule has 1 N–H and O–H groups in total. The van der Waals surface area contributed by atoms with Crippen molar-refractivity contribution in [1.29, 1.82) is 0 Å². The summed E-state index contributed by atoms with van der Waals surface area (Å²) >= 11 is 0. The molecule has 7 heavy (non-hydrogen) atoms. The fourth-order valence-corrected chi connectivity index (χ4v) is 0.254. The number of aliphatic hydroxyl groups is 1. The summed E-state index contributed by atoms with van der Waals surface area (Å²) in [6.07, 6.45) is 4.31. The largest absolute Gasteiger partial charge is 0.513 e. The number of aliphatic hydroxyl groups excluding tert-OH is 1. The molecule has 1 heteroatoms. The molecule has 0 saturated carbocycles. The molecule has 0 amide bonds. The Kier molecular flexibility index (Phi) is 3.11. The predicted molar refractivity (Wildman–Crippen MR) is 31.2 cm³/mol. The second-order valence-electron chi connectivity index (χ2n) is 1.34. The summed E-state index contributed by atoms with van der Waals surface area (Å²) < 4.78 is 0. The van der Waals surface area contributed by atoms with Crippen LogP contribution >= 0.6 is 0 Å². The van der Waals surface area contributed by atoms with E-state index in [9.17, 15) is 0 Å². The summed E-state index contributed by atoms with van der Waals surface area (Å²) in [4.78, 5) is 0. The minimum Gasteiger partial charge on any atom is -0.513 e. The van der Waals surface area contributed by atoms with Crippen LogP contribution in [0.1, 0.15) is 13.3 Å². The second kappa shape index (κ2) is 3.47. The molecule has 0 rings (SSSR count). The van der Waals surface area contributed by atoms with Gasteiger partial charge in [0.15, 0.2) is 0 Å². The van der Waals surface area contributed by atoms with Crippen molar-refractivity contribution in [1.82, 2.24) is 0 Å². The van der Waals surface area contributed by atoms with Crippen molar-refractivity contribution < 1.29 is 5.11 Å². The van der Waals surface area contributed by atoms with Gasteiger partial charge in [-0.3, -0.25) is 0 Å². The molecule has 1 nitrogen and oxygen atoms in total. The standard InChI is InChI=1S/C6H10O/c1-3-4-5-6(2)7/h3-4,7H,2,5H2,1H3/b4-3+. The number of rotatable bonds is 2. The molecule has 0 aliphatic rings. The molecule has 0 aromatic carbocycles. The van der Waals surface area contributed by atoms with Crippen LogP contribution in [0.15, 0.2) is 24.5 Å². The topological polar surface area (TPSA) is 20.2 Å². The Bertz CT molecular complexity index is 82.2. The maximum absolute atomic E-state index is 8.44. The first-order valence-corrected chi connectivity index (χ1v) is 2.25. The molecule has 0 bridgehead atoms. The monoisotopic (exact) mass is 98.1 g/mol. The minimum atomic E-state index is 0.220. The highest BCUT2D eigenvalue weighted by Gasteiger charge is 1.76. The average molecular weight is 98.1 g/mol. The van der Waals surface area contributed by atoms with Crippen LogP contribution in [0.25, 0.3) is 0 Å². The molecule has 0 aliphatic carbocycles. The molecular weight excluding hydrogens is 88.1 g/mol. The number of hydrogen-bond acceptors (Lipinski definition) is 1. The lowest BCUT2D eigenvalue weighted by atomic mass is 10.3. The van der Waals surface area contributed by atoms with E-state index >= 15 is 0 Å². The predicted octanol–water partition coefficient (Wildman–Crippen LogP) is 2.02. The quantitative estimate of drug-likeness (QED) is 0.414. The van der Waals surface area contributed by atoms with Gasteiger partial charge in [0.1, 0.15) is 0 Å². The van der Waals surface area contributed by atoms with Crippen LogP contribution in [0.4, 0.5) is 0 Å². The van der Waals surface area contributed by atoms with Gasteiger partial charge in [-0.05, 0) is 6.92 Å². The normalized spacial score (nSPS) is 9.86. The maximum atomic E-state index is 8.44. The molecule has 0 saturated heterocycles. The van der Waals surface area contributed by atoms with Crippen LogP contribution in [0.3, 0.4) is 0 Å². The molecule has 0 aliphatic heterocycles. The van der Waals surface area contributed by atoms with Crippen LogP contribution in [-0.4, -0.2) is 5.11 Å². The summed E-state index contributed by atoms with van der Waals surface area (Å²) in [7, 11) is 0. The van der Waals surface area contributed by atoms with Crippen LogP contribution in [-0.2, 0) is 0 Å². The Morgan fingerprint density at radius 2 is 2.43 bits per heavy atom. The SMILES string of the molecule is C=C(O)C/C=C/C.